The van der Waals surface area contributed by atoms with Gasteiger partial charge in [0.1, 0.15) is 5.75 Å². The van der Waals surface area contributed by atoms with E-state index in [1.54, 1.807) is 36.5 Å². The van der Waals surface area contributed by atoms with Gasteiger partial charge in [0.25, 0.3) is 11.3 Å². The van der Waals surface area contributed by atoms with E-state index in [0.717, 1.165) is 0 Å². The molecule has 2 aromatic rings. The maximum atomic E-state index is 11.2. The predicted molar refractivity (Wildman–Crippen MR) is 74.1 cm³/mol. The molecule has 0 aliphatic heterocycles. The van der Waals surface area contributed by atoms with Crippen LogP contribution in [0.25, 0.3) is 10.8 Å². The van der Waals surface area contributed by atoms with Gasteiger partial charge in [-0.25, -0.2) is 4.21 Å². The van der Waals surface area contributed by atoms with Gasteiger partial charge in [-0.15, -0.1) is 0 Å². The SMILES string of the molecule is CC(=O)Oc1cccc2c(N(C#N)S(=O)O)cccc12. The van der Waals surface area contributed by atoms with Crippen molar-refractivity contribution >= 4 is 33.7 Å². The zero-order chi connectivity index (χ0) is 14.7. The van der Waals surface area contributed by atoms with Gasteiger partial charge in [0.2, 0.25) is 0 Å². The number of hydrogen-bond donors (Lipinski definition) is 1. The fourth-order valence-electron chi connectivity index (χ4n) is 1.86. The van der Waals surface area contributed by atoms with Crippen molar-refractivity contribution in [2.24, 2.45) is 0 Å². The van der Waals surface area contributed by atoms with E-state index >= 15 is 0 Å². The number of carbonyl (C=O) groups is 1. The summed E-state index contributed by atoms with van der Waals surface area (Å²) in [6, 6.07) is 9.78. The number of esters is 1. The Labute approximate surface area is 117 Å². The Balaban J connectivity index is 2.68. The Morgan fingerprint density at radius 2 is 1.95 bits per heavy atom. The lowest BCUT2D eigenvalue weighted by atomic mass is 10.1. The number of anilines is 1. The summed E-state index contributed by atoms with van der Waals surface area (Å²) in [6.07, 6.45) is 1.65. The van der Waals surface area contributed by atoms with Crippen molar-refractivity contribution in [1.29, 1.82) is 5.26 Å². The summed E-state index contributed by atoms with van der Waals surface area (Å²) >= 11 is -2.46. The number of rotatable bonds is 3. The number of nitrogens with zero attached hydrogens (tertiary/aromatic N) is 2. The van der Waals surface area contributed by atoms with E-state index in [1.807, 2.05) is 0 Å². The van der Waals surface area contributed by atoms with Crippen LogP contribution in [-0.2, 0) is 16.1 Å². The number of hydrogen-bond acceptors (Lipinski definition) is 4. The lowest BCUT2D eigenvalue weighted by Gasteiger charge is -2.14. The highest BCUT2D eigenvalue weighted by atomic mass is 32.2. The van der Waals surface area contributed by atoms with Crippen LogP contribution in [0.1, 0.15) is 6.92 Å². The summed E-state index contributed by atoms with van der Waals surface area (Å²) in [5, 5.41) is 10.1. The van der Waals surface area contributed by atoms with Crippen LogP contribution in [0.4, 0.5) is 5.69 Å². The van der Waals surface area contributed by atoms with E-state index in [1.165, 1.54) is 13.0 Å². The molecule has 102 valence electrons. The topological polar surface area (TPSA) is 90.6 Å². The molecular weight excluding hydrogens is 280 g/mol. The molecule has 7 heteroatoms. The largest absolute Gasteiger partial charge is 0.426 e. The average Bonchev–Trinajstić information content (AvgIpc) is 2.39. The molecule has 0 amide bonds. The number of benzene rings is 2. The predicted octanol–water partition coefficient (Wildman–Crippen LogP) is 2.19. The maximum Gasteiger partial charge on any atom is 0.308 e. The Morgan fingerprint density at radius 3 is 2.55 bits per heavy atom. The summed E-state index contributed by atoms with van der Waals surface area (Å²) in [7, 11) is 0. The lowest BCUT2D eigenvalue weighted by Crippen LogP contribution is -2.18. The molecule has 0 spiro atoms. The van der Waals surface area contributed by atoms with Crippen LogP contribution in [0.2, 0.25) is 0 Å². The third kappa shape index (κ3) is 2.61. The van der Waals surface area contributed by atoms with Gasteiger partial charge in [-0.05, 0) is 12.1 Å². The van der Waals surface area contributed by atoms with Crippen LogP contribution < -0.4 is 9.04 Å². The molecule has 1 unspecified atom stereocenters. The monoisotopic (exact) mass is 290 g/mol. The van der Waals surface area contributed by atoms with Crippen molar-refractivity contribution in [2.75, 3.05) is 4.31 Å². The highest BCUT2D eigenvalue weighted by Crippen LogP contribution is 2.33. The molecule has 1 atom stereocenters. The minimum absolute atomic E-state index is 0.264. The Bertz CT molecular complexity index is 739. The maximum absolute atomic E-state index is 11.2. The highest BCUT2D eigenvalue weighted by molar-refractivity contribution is 7.81. The first-order valence-corrected chi connectivity index (χ1v) is 6.62. The molecular formula is C13H10N2O4S. The zero-order valence-corrected chi connectivity index (χ0v) is 11.3. The lowest BCUT2D eigenvalue weighted by molar-refractivity contribution is -0.131. The molecule has 2 rings (SSSR count). The van der Waals surface area contributed by atoms with Crippen LogP contribution in [0.15, 0.2) is 36.4 Å². The Kier molecular flexibility index (Phi) is 3.98. The highest BCUT2D eigenvalue weighted by Gasteiger charge is 2.16. The van der Waals surface area contributed by atoms with Crippen LogP contribution in [0.5, 0.6) is 5.75 Å². The van der Waals surface area contributed by atoms with E-state index in [-0.39, 0.29) is 5.69 Å². The van der Waals surface area contributed by atoms with Gasteiger partial charge in [0.15, 0.2) is 6.19 Å². The first kappa shape index (κ1) is 14.0. The van der Waals surface area contributed by atoms with Crippen LogP contribution in [0, 0.1) is 11.5 Å². The van der Waals surface area contributed by atoms with Gasteiger partial charge in [0.05, 0.1) is 5.69 Å². The van der Waals surface area contributed by atoms with Gasteiger partial charge < -0.3 is 4.74 Å². The second kappa shape index (κ2) is 5.69. The summed E-state index contributed by atoms with van der Waals surface area (Å²) < 4.78 is 26.0. The minimum atomic E-state index is -2.46. The first-order valence-electron chi connectivity index (χ1n) is 5.55. The first-order chi connectivity index (χ1) is 9.54. The Morgan fingerprint density at radius 1 is 1.30 bits per heavy atom. The van der Waals surface area contributed by atoms with Gasteiger partial charge in [0, 0.05) is 17.7 Å². The molecule has 0 bridgehead atoms. The van der Waals surface area contributed by atoms with Crippen LogP contribution >= 0.6 is 0 Å². The smallest absolute Gasteiger partial charge is 0.308 e. The summed E-state index contributed by atoms with van der Waals surface area (Å²) in [4.78, 5) is 11.1. The summed E-state index contributed by atoms with van der Waals surface area (Å²) in [6.45, 7) is 1.28. The van der Waals surface area contributed by atoms with Crippen molar-refractivity contribution in [1.82, 2.24) is 0 Å². The fraction of sp³-hybridized carbons (Fsp3) is 0.0769. The molecule has 0 saturated carbocycles. The molecule has 0 aliphatic carbocycles. The molecule has 0 aromatic heterocycles. The van der Waals surface area contributed by atoms with Crippen molar-refractivity contribution in [3.63, 3.8) is 0 Å². The van der Waals surface area contributed by atoms with Crippen molar-refractivity contribution < 1.29 is 18.3 Å². The normalized spacial score (nSPS) is 11.7. The van der Waals surface area contributed by atoms with Gasteiger partial charge in [-0.2, -0.15) is 9.57 Å². The van der Waals surface area contributed by atoms with Gasteiger partial charge >= 0.3 is 5.97 Å². The molecule has 2 aromatic carbocycles. The van der Waals surface area contributed by atoms with E-state index in [0.29, 0.717) is 20.8 Å². The zero-order valence-electron chi connectivity index (χ0n) is 10.4. The quantitative estimate of drug-likeness (QED) is 0.307. The second-order valence-corrected chi connectivity index (χ2v) is 4.67. The summed E-state index contributed by atoms with van der Waals surface area (Å²) in [5.74, 6) is -0.135. The second-order valence-electron chi connectivity index (χ2n) is 3.85. The average molecular weight is 290 g/mol. The molecule has 6 nitrogen and oxygen atoms in total. The molecule has 1 N–H and O–H groups in total. The Hall–Kier alpha value is -2.43. The van der Waals surface area contributed by atoms with Crippen LogP contribution in [-0.4, -0.2) is 14.7 Å². The third-order valence-electron chi connectivity index (χ3n) is 2.58. The molecule has 0 heterocycles. The van der Waals surface area contributed by atoms with Gasteiger partial charge in [-0.1, -0.05) is 24.3 Å². The molecule has 0 radical (unpaired) electrons. The number of ether oxygens (including phenoxy) is 1. The van der Waals surface area contributed by atoms with E-state index < -0.39 is 17.2 Å². The molecule has 0 saturated heterocycles. The number of nitriles is 1. The molecule has 0 fully saturated rings. The van der Waals surface area contributed by atoms with Gasteiger partial charge in [-0.3, -0.25) is 9.35 Å². The number of carbonyl (C=O) groups excluding carboxylic acids is 1. The number of fused-ring (bicyclic) bond motifs is 1. The van der Waals surface area contributed by atoms with Crippen molar-refractivity contribution in [3.8, 4) is 11.9 Å². The minimum Gasteiger partial charge on any atom is -0.426 e. The van der Waals surface area contributed by atoms with Crippen LogP contribution in [0.3, 0.4) is 0 Å². The van der Waals surface area contributed by atoms with Crippen molar-refractivity contribution in [3.05, 3.63) is 36.4 Å². The fourth-order valence-corrected chi connectivity index (χ4v) is 2.26. The van der Waals surface area contributed by atoms with E-state index in [4.69, 9.17) is 14.6 Å². The standard InChI is InChI=1S/C13H10N2O4S/c1-9(16)19-13-7-3-4-10-11(13)5-2-6-12(10)15(8-14)20(17)18/h2-7H,1H3,(H,17,18). The van der Waals surface area contributed by atoms with E-state index in [9.17, 15) is 9.00 Å². The van der Waals surface area contributed by atoms with E-state index in [2.05, 4.69) is 0 Å². The summed E-state index contributed by atoms with van der Waals surface area (Å²) in [5.41, 5.74) is 0.264. The molecule has 0 aliphatic rings. The molecule has 20 heavy (non-hydrogen) atoms. The third-order valence-corrected chi connectivity index (χ3v) is 3.17. The van der Waals surface area contributed by atoms with Crippen molar-refractivity contribution in [2.45, 2.75) is 6.92 Å².